The van der Waals surface area contributed by atoms with Crippen molar-refractivity contribution in [1.82, 2.24) is 14.1 Å². The molecule has 7 rings (SSSR count). The Labute approximate surface area is 272 Å². The average Bonchev–Trinajstić information content (AvgIpc) is 3.83. The number of hydrogen-bond donors (Lipinski definition) is 1. The molecule has 7 nitrogen and oxygen atoms in total. The molecule has 1 amide bonds. The fraction of sp³-hybridized carbons (Fsp3) is 0.257. The fourth-order valence-electron chi connectivity index (χ4n) is 6.54. The van der Waals surface area contributed by atoms with Crippen LogP contribution in [0.15, 0.2) is 95.9 Å². The summed E-state index contributed by atoms with van der Waals surface area (Å²) in [5.74, 6) is -0.539. The number of carbonyl (C=O) groups is 1. The largest absolute Gasteiger partial charge is 0.366 e. The van der Waals surface area contributed by atoms with Crippen LogP contribution in [0.25, 0.3) is 10.9 Å². The zero-order valence-electron chi connectivity index (χ0n) is 24.4. The summed E-state index contributed by atoms with van der Waals surface area (Å²) in [6, 6.07) is 28.8. The Morgan fingerprint density at radius 2 is 1.40 bits per heavy atom. The minimum atomic E-state index is -3.77. The summed E-state index contributed by atoms with van der Waals surface area (Å²) in [5.41, 5.74) is 11.1. The minimum absolute atomic E-state index is 0.0378. The van der Waals surface area contributed by atoms with E-state index in [4.69, 9.17) is 34.0 Å². The standard InChI is InChI=1S/C35H32Cl2N4O3S/c36-27-9-4-22(5-10-27)33(23-6-11-28(37)12-7-23)25-8-15-32-31(21-25)34(41(39-32)29-13-14-29)24-16-18-40(19-17-24)45(43,44)30-3-1-2-26(20-30)35(38)42/h1-12,15,20-21,24,29,33H,13-14,16-19H2,(H2,38,42). The van der Waals surface area contributed by atoms with Crippen molar-refractivity contribution in [3.8, 4) is 0 Å². The monoisotopic (exact) mass is 658 g/mol. The average molecular weight is 660 g/mol. The van der Waals surface area contributed by atoms with Crippen LogP contribution in [-0.4, -0.2) is 41.5 Å². The van der Waals surface area contributed by atoms with Gasteiger partial charge in [0.15, 0.2) is 0 Å². The van der Waals surface area contributed by atoms with Crippen molar-refractivity contribution in [3.05, 3.63) is 129 Å². The van der Waals surface area contributed by atoms with Gasteiger partial charge >= 0.3 is 0 Å². The highest BCUT2D eigenvalue weighted by Crippen LogP contribution is 2.44. The number of nitrogens with zero attached hydrogens (tertiary/aromatic N) is 3. The van der Waals surface area contributed by atoms with E-state index in [0.717, 1.165) is 40.4 Å². The Hall–Kier alpha value is -3.69. The van der Waals surface area contributed by atoms with E-state index in [1.54, 1.807) is 6.07 Å². The molecule has 0 atom stereocenters. The Kier molecular flexibility index (Phi) is 7.94. The highest BCUT2D eigenvalue weighted by Gasteiger charge is 2.36. The van der Waals surface area contributed by atoms with Crippen molar-refractivity contribution in [2.45, 2.75) is 48.5 Å². The summed E-state index contributed by atoms with van der Waals surface area (Å²) in [4.78, 5) is 11.8. The number of nitrogens with two attached hydrogens (primary N) is 1. The molecule has 45 heavy (non-hydrogen) atoms. The molecule has 2 heterocycles. The van der Waals surface area contributed by atoms with E-state index >= 15 is 0 Å². The number of aromatic nitrogens is 2. The number of fused-ring (bicyclic) bond motifs is 1. The molecule has 0 unspecified atom stereocenters. The maximum Gasteiger partial charge on any atom is 0.248 e. The lowest BCUT2D eigenvalue weighted by molar-refractivity contribution is 0.1000. The lowest BCUT2D eigenvalue weighted by Gasteiger charge is -2.32. The molecule has 1 aliphatic heterocycles. The van der Waals surface area contributed by atoms with Crippen LogP contribution < -0.4 is 5.73 Å². The quantitative estimate of drug-likeness (QED) is 0.174. The van der Waals surface area contributed by atoms with Gasteiger partial charge in [0.25, 0.3) is 0 Å². The van der Waals surface area contributed by atoms with Crippen LogP contribution in [0.2, 0.25) is 10.0 Å². The SMILES string of the molecule is NC(=O)c1cccc(S(=O)(=O)N2CCC(c3c4cc(C(c5ccc(Cl)cc5)c5ccc(Cl)cc5)ccc4nn3C3CC3)CC2)c1. The summed E-state index contributed by atoms with van der Waals surface area (Å²) in [6.45, 7) is 0.756. The van der Waals surface area contributed by atoms with Gasteiger partial charge in [0.05, 0.1) is 16.5 Å². The Morgan fingerprint density at radius 1 is 0.800 bits per heavy atom. The Bertz CT molecular complexity index is 1950. The van der Waals surface area contributed by atoms with Gasteiger partial charge in [0.2, 0.25) is 15.9 Å². The number of sulfonamides is 1. The fourth-order valence-corrected chi connectivity index (χ4v) is 8.31. The molecule has 1 aliphatic carbocycles. The van der Waals surface area contributed by atoms with Crippen LogP contribution in [0.3, 0.4) is 0 Å². The smallest absolute Gasteiger partial charge is 0.248 e. The van der Waals surface area contributed by atoms with E-state index in [9.17, 15) is 13.2 Å². The van der Waals surface area contributed by atoms with E-state index in [1.807, 2.05) is 24.3 Å². The van der Waals surface area contributed by atoms with Gasteiger partial charge in [-0.2, -0.15) is 9.40 Å². The molecular weight excluding hydrogens is 627 g/mol. The van der Waals surface area contributed by atoms with Crippen molar-refractivity contribution in [3.63, 3.8) is 0 Å². The van der Waals surface area contributed by atoms with E-state index in [1.165, 1.54) is 28.2 Å². The number of primary amides is 1. The summed E-state index contributed by atoms with van der Waals surface area (Å²) < 4.78 is 30.8. The minimum Gasteiger partial charge on any atom is -0.366 e. The maximum atomic E-state index is 13.5. The van der Waals surface area contributed by atoms with Gasteiger partial charge in [-0.25, -0.2) is 8.42 Å². The number of piperidine rings is 1. The van der Waals surface area contributed by atoms with Gasteiger partial charge in [-0.15, -0.1) is 0 Å². The number of rotatable bonds is 8. The first-order valence-electron chi connectivity index (χ1n) is 15.1. The molecule has 0 spiro atoms. The van der Waals surface area contributed by atoms with Gasteiger partial charge in [-0.3, -0.25) is 9.48 Å². The highest BCUT2D eigenvalue weighted by molar-refractivity contribution is 7.89. The van der Waals surface area contributed by atoms with Gasteiger partial charge in [-0.1, -0.05) is 59.6 Å². The first-order chi connectivity index (χ1) is 21.7. The highest BCUT2D eigenvalue weighted by atomic mass is 35.5. The van der Waals surface area contributed by atoms with Crippen LogP contribution in [0.5, 0.6) is 0 Å². The summed E-state index contributed by atoms with van der Waals surface area (Å²) >= 11 is 12.5. The molecule has 1 saturated heterocycles. The molecule has 1 saturated carbocycles. The van der Waals surface area contributed by atoms with E-state index < -0.39 is 15.9 Å². The predicted octanol–water partition coefficient (Wildman–Crippen LogP) is 7.53. The second kappa shape index (κ2) is 11.9. The first-order valence-corrected chi connectivity index (χ1v) is 17.3. The predicted molar refractivity (Wildman–Crippen MR) is 178 cm³/mol. The number of carbonyl (C=O) groups excluding carboxylic acids is 1. The van der Waals surface area contributed by atoms with Crippen molar-refractivity contribution >= 4 is 50.0 Å². The van der Waals surface area contributed by atoms with E-state index in [2.05, 4.69) is 47.1 Å². The third-order valence-corrected chi connectivity index (χ3v) is 11.4. The molecule has 2 N–H and O–H groups in total. The van der Waals surface area contributed by atoms with Gasteiger partial charge < -0.3 is 5.73 Å². The van der Waals surface area contributed by atoms with Crippen LogP contribution >= 0.6 is 23.2 Å². The zero-order valence-corrected chi connectivity index (χ0v) is 26.8. The number of halogens is 2. The lowest BCUT2D eigenvalue weighted by atomic mass is 9.84. The van der Waals surface area contributed by atoms with Gasteiger partial charge in [0, 0.05) is 51.6 Å². The summed E-state index contributed by atoms with van der Waals surface area (Å²) in [5, 5.41) is 7.55. The molecule has 2 fully saturated rings. The third-order valence-electron chi connectivity index (χ3n) is 8.99. The van der Waals surface area contributed by atoms with Crippen molar-refractivity contribution in [2.75, 3.05) is 13.1 Å². The number of hydrogen-bond acceptors (Lipinski definition) is 4. The normalized spacial score (nSPS) is 16.4. The molecule has 0 bridgehead atoms. The molecular formula is C35H32Cl2N4O3S. The summed E-state index contributed by atoms with van der Waals surface area (Å²) in [7, 11) is -3.77. The van der Waals surface area contributed by atoms with Gasteiger partial charge in [0.1, 0.15) is 0 Å². The van der Waals surface area contributed by atoms with Crippen LogP contribution in [0, 0.1) is 0 Å². The van der Waals surface area contributed by atoms with Crippen LogP contribution in [-0.2, 0) is 10.0 Å². The Balaban J connectivity index is 1.24. The maximum absolute atomic E-state index is 13.5. The van der Waals surface area contributed by atoms with Crippen LogP contribution in [0.4, 0.5) is 0 Å². The molecule has 10 heteroatoms. The topological polar surface area (TPSA) is 98.3 Å². The Morgan fingerprint density at radius 3 is 1.98 bits per heavy atom. The van der Waals surface area contributed by atoms with Gasteiger partial charge in [-0.05, 0) is 97.0 Å². The third kappa shape index (κ3) is 5.88. The summed E-state index contributed by atoms with van der Waals surface area (Å²) in [6.07, 6.45) is 3.53. The van der Waals surface area contributed by atoms with Crippen molar-refractivity contribution < 1.29 is 13.2 Å². The van der Waals surface area contributed by atoms with Crippen LogP contribution in [0.1, 0.15) is 76.3 Å². The molecule has 2 aliphatic rings. The molecule has 230 valence electrons. The molecule has 0 radical (unpaired) electrons. The lowest BCUT2D eigenvalue weighted by Crippen LogP contribution is -2.38. The second-order valence-electron chi connectivity index (χ2n) is 11.9. The molecule has 5 aromatic rings. The number of benzene rings is 4. The molecule has 4 aromatic carbocycles. The molecule has 1 aromatic heterocycles. The number of amides is 1. The van der Waals surface area contributed by atoms with Crippen molar-refractivity contribution in [2.24, 2.45) is 5.73 Å². The van der Waals surface area contributed by atoms with Crippen molar-refractivity contribution in [1.29, 1.82) is 0 Å². The first kappa shape index (κ1) is 30.0. The van der Waals surface area contributed by atoms with E-state index in [0.29, 0.717) is 42.0 Å². The van der Waals surface area contributed by atoms with E-state index in [-0.39, 0.29) is 22.3 Å². The second-order valence-corrected chi connectivity index (χ2v) is 14.8. The zero-order chi connectivity index (χ0) is 31.3.